The summed E-state index contributed by atoms with van der Waals surface area (Å²) in [6.45, 7) is 1.51. The maximum absolute atomic E-state index is 12.0. The van der Waals surface area contributed by atoms with Crippen LogP contribution in [0, 0.1) is 0 Å². The molecule has 0 saturated carbocycles. The molecule has 2 aromatic carbocycles. The van der Waals surface area contributed by atoms with Gasteiger partial charge in [0.05, 0.1) is 23.6 Å². The molecule has 2 rings (SSSR count). The number of ether oxygens (including phenoxy) is 1. The first-order valence-electron chi connectivity index (χ1n) is 8.48. The molecule has 8 heteroatoms. The number of hydrogen-bond acceptors (Lipinski definition) is 6. The number of alkyl carbamates (subject to hydrolysis) is 1. The summed E-state index contributed by atoms with van der Waals surface area (Å²) in [5.74, 6) is 0. The van der Waals surface area contributed by atoms with E-state index in [1.807, 2.05) is 30.3 Å². The fraction of sp³-hybridized carbons (Fsp3) is 0.316. The molecule has 27 heavy (non-hydrogen) atoms. The third-order valence-electron chi connectivity index (χ3n) is 3.82. The zero-order valence-electron chi connectivity index (χ0n) is 14.9. The van der Waals surface area contributed by atoms with Crippen LogP contribution in [0.5, 0.6) is 0 Å². The minimum atomic E-state index is -3.87. The summed E-state index contributed by atoms with van der Waals surface area (Å²) in [5.41, 5.74) is 0.848. The lowest BCUT2D eigenvalue weighted by Gasteiger charge is -2.20. The molecular weight excluding hydrogens is 370 g/mol. The van der Waals surface area contributed by atoms with Crippen LogP contribution in [0.15, 0.2) is 65.6 Å². The summed E-state index contributed by atoms with van der Waals surface area (Å²) in [4.78, 5) is 11.8. The highest BCUT2D eigenvalue weighted by molar-refractivity contribution is 7.86. The maximum Gasteiger partial charge on any atom is 0.407 e. The minimum Gasteiger partial charge on any atom is -0.445 e. The number of rotatable bonds is 9. The number of amides is 1. The molecule has 7 nitrogen and oxygen atoms in total. The van der Waals surface area contributed by atoms with E-state index < -0.39 is 28.4 Å². The van der Waals surface area contributed by atoms with Gasteiger partial charge in [-0.1, -0.05) is 48.5 Å². The average Bonchev–Trinajstić information content (AvgIpc) is 2.67. The molecule has 0 aliphatic carbocycles. The number of carbonyl (C=O) groups excluding carboxylic acids is 1. The highest BCUT2D eigenvalue weighted by Crippen LogP contribution is 2.12. The lowest BCUT2D eigenvalue weighted by molar-refractivity contribution is 0.0920. The molecule has 0 aromatic heterocycles. The molecule has 146 valence electrons. The smallest absolute Gasteiger partial charge is 0.407 e. The predicted molar refractivity (Wildman–Crippen MR) is 99.4 cm³/mol. The van der Waals surface area contributed by atoms with Crippen LogP contribution < -0.4 is 5.32 Å². The van der Waals surface area contributed by atoms with Gasteiger partial charge in [0.1, 0.15) is 6.61 Å². The van der Waals surface area contributed by atoms with Crippen LogP contribution in [0.1, 0.15) is 18.9 Å². The Hall–Kier alpha value is -2.42. The summed E-state index contributed by atoms with van der Waals surface area (Å²) in [7, 11) is -3.87. The molecular formula is C19H23NO6S. The number of nitrogens with one attached hydrogen (secondary N) is 1. The third kappa shape index (κ3) is 7.01. The summed E-state index contributed by atoms with van der Waals surface area (Å²) >= 11 is 0. The first kappa shape index (κ1) is 20.9. The molecule has 2 unspecified atom stereocenters. The topological polar surface area (TPSA) is 102 Å². The number of carbonyl (C=O) groups is 1. The molecule has 2 N–H and O–H groups in total. The second-order valence-corrected chi connectivity index (χ2v) is 7.56. The van der Waals surface area contributed by atoms with Crippen molar-refractivity contribution in [3.05, 3.63) is 66.2 Å². The molecule has 1 amide bonds. The molecule has 0 saturated heterocycles. The lowest BCUT2D eigenvalue weighted by atomic mass is 10.1. The largest absolute Gasteiger partial charge is 0.445 e. The molecule has 0 fully saturated rings. The first-order valence-corrected chi connectivity index (χ1v) is 9.89. The van der Waals surface area contributed by atoms with E-state index in [0.29, 0.717) is 0 Å². The molecule has 2 aromatic rings. The molecule has 0 heterocycles. The monoisotopic (exact) mass is 393 g/mol. The summed E-state index contributed by atoms with van der Waals surface area (Å²) < 4.78 is 34.0. The van der Waals surface area contributed by atoms with Crippen molar-refractivity contribution in [3.8, 4) is 0 Å². The van der Waals surface area contributed by atoms with Crippen LogP contribution in [-0.2, 0) is 25.6 Å². The number of hydrogen-bond donors (Lipinski definition) is 2. The van der Waals surface area contributed by atoms with Crippen LogP contribution in [0.2, 0.25) is 0 Å². The zero-order valence-corrected chi connectivity index (χ0v) is 15.8. The van der Waals surface area contributed by atoms with Crippen LogP contribution >= 0.6 is 0 Å². The third-order valence-corrected chi connectivity index (χ3v) is 5.15. The van der Waals surface area contributed by atoms with Crippen molar-refractivity contribution >= 4 is 16.2 Å². The SMILES string of the molecule is CC(NC(=O)OCc1ccccc1)C(O)CCOS(=O)(=O)c1ccccc1. The maximum atomic E-state index is 12.0. The van der Waals surface area contributed by atoms with E-state index >= 15 is 0 Å². The molecule has 0 bridgehead atoms. The Morgan fingerprint density at radius 1 is 1.07 bits per heavy atom. The predicted octanol–water partition coefficient (Wildman–Crippen LogP) is 2.46. The van der Waals surface area contributed by atoms with Crippen LogP contribution in [0.4, 0.5) is 4.79 Å². The van der Waals surface area contributed by atoms with Crippen LogP contribution in [0.3, 0.4) is 0 Å². The van der Waals surface area contributed by atoms with Crippen molar-refractivity contribution in [1.29, 1.82) is 0 Å². The fourth-order valence-electron chi connectivity index (χ4n) is 2.23. The van der Waals surface area contributed by atoms with Gasteiger partial charge in [0.15, 0.2) is 0 Å². The molecule has 2 atom stereocenters. The Labute approximate surface area is 159 Å². The van der Waals surface area contributed by atoms with Crippen molar-refractivity contribution < 1.29 is 27.2 Å². The number of aliphatic hydroxyl groups is 1. The Morgan fingerprint density at radius 2 is 1.67 bits per heavy atom. The first-order chi connectivity index (χ1) is 12.9. The van der Waals surface area contributed by atoms with Gasteiger partial charge in [-0.2, -0.15) is 8.42 Å². The van der Waals surface area contributed by atoms with Gasteiger partial charge in [0.2, 0.25) is 0 Å². The minimum absolute atomic E-state index is 0.0339. The normalized spacial score (nSPS) is 13.6. The second kappa shape index (κ2) is 10.1. The summed E-state index contributed by atoms with van der Waals surface area (Å²) in [5, 5.41) is 12.6. The van der Waals surface area contributed by atoms with Gasteiger partial charge in [-0.15, -0.1) is 0 Å². The molecule has 0 aliphatic heterocycles. The van der Waals surface area contributed by atoms with Crippen molar-refractivity contribution in [3.63, 3.8) is 0 Å². The average molecular weight is 393 g/mol. The van der Waals surface area contributed by atoms with E-state index in [4.69, 9.17) is 8.92 Å². The Bertz CT molecular complexity index is 811. The van der Waals surface area contributed by atoms with Gasteiger partial charge >= 0.3 is 6.09 Å². The Morgan fingerprint density at radius 3 is 2.30 bits per heavy atom. The highest BCUT2D eigenvalue weighted by Gasteiger charge is 2.20. The second-order valence-electron chi connectivity index (χ2n) is 5.94. The van der Waals surface area contributed by atoms with E-state index in [2.05, 4.69) is 5.32 Å². The van der Waals surface area contributed by atoms with Crippen molar-refractivity contribution in [2.45, 2.75) is 37.0 Å². The Kier molecular flexibility index (Phi) is 7.78. The molecule has 0 radical (unpaired) electrons. The zero-order chi connectivity index (χ0) is 19.7. The van der Waals surface area contributed by atoms with Crippen molar-refractivity contribution in [2.24, 2.45) is 0 Å². The standard InChI is InChI=1S/C19H23NO6S/c1-15(20-19(22)25-14-16-8-4-2-5-9-16)18(21)12-13-26-27(23,24)17-10-6-3-7-11-17/h2-11,15,18,21H,12-14H2,1H3,(H,20,22). The summed E-state index contributed by atoms with van der Waals surface area (Å²) in [6.07, 6.45) is -1.62. The Balaban J connectivity index is 1.72. The van der Waals surface area contributed by atoms with Gasteiger partial charge in [-0.3, -0.25) is 4.18 Å². The van der Waals surface area contributed by atoms with Gasteiger partial charge in [0.25, 0.3) is 10.1 Å². The van der Waals surface area contributed by atoms with Gasteiger partial charge in [0, 0.05) is 6.42 Å². The quantitative estimate of drug-likeness (QED) is 0.635. The van der Waals surface area contributed by atoms with E-state index in [1.54, 1.807) is 25.1 Å². The van der Waals surface area contributed by atoms with Gasteiger partial charge in [-0.05, 0) is 24.6 Å². The van der Waals surface area contributed by atoms with E-state index in [1.165, 1.54) is 12.1 Å². The van der Waals surface area contributed by atoms with Gasteiger partial charge < -0.3 is 15.2 Å². The van der Waals surface area contributed by atoms with Crippen LogP contribution in [0.25, 0.3) is 0 Å². The lowest BCUT2D eigenvalue weighted by Crippen LogP contribution is -2.41. The van der Waals surface area contributed by atoms with Crippen molar-refractivity contribution in [1.82, 2.24) is 5.32 Å². The fourth-order valence-corrected chi connectivity index (χ4v) is 3.17. The van der Waals surface area contributed by atoms with E-state index in [9.17, 15) is 18.3 Å². The van der Waals surface area contributed by atoms with E-state index in [-0.39, 0.29) is 24.5 Å². The highest BCUT2D eigenvalue weighted by atomic mass is 32.2. The number of aliphatic hydroxyl groups excluding tert-OH is 1. The van der Waals surface area contributed by atoms with Gasteiger partial charge in [-0.25, -0.2) is 4.79 Å². The van der Waals surface area contributed by atoms with E-state index in [0.717, 1.165) is 5.56 Å². The van der Waals surface area contributed by atoms with Crippen LogP contribution in [-0.4, -0.2) is 38.4 Å². The summed E-state index contributed by atoms with van der Waals surface area (Å²) in [6, 6.07) is 16.3. The number of benzene rings is 2. The van der Waals surface area contributed by atoms with Crippen molar-refractivity contribution in [2.75, 3.05) is 6.61 Å². The molecule has 0 spiro atoms. The molecule has 0 aliphatic rings.